The van der Waals surface area contributed by atoms with Crippen molar-refractivity contribution in [1.29, 1.82) is 0 Å². The Bertz CT molecular complexity index is 2940. The number of hydrogen-bond donors (Lipinski definition) is 0. The Morgan fingerprint density at radius 2 is 0.800 bits per heavy atom. The number of rotatable bonds is 1. The Morgan fingerprint density at radius 1 is 0.382 bits per heavy atom. The van der Waals surface area contributed by atoms with Crippen molar-refractivity contribution < 1.29 is 26.3 Å². The minimum absolute atomic E-state index is 0.0707. The van der Waals surface area contributed by atoms with Crippen LogP contribution in [0.4, 0.5) is 26.3 Å². The van der Waals surface area contributed by atoms with Gasteiger partial charge in [-0.1, -0.05) is 121 Å². The molecule has 9 rings (SSSR count). The summed E-state index contributed by atoms with van der Waals surface area (Å²) in [6.45, 7) is 0. The molecule has 0 saturated heterocycles. The normalized spacial score (nSPS) is 11.9. The molecule has 9 aromatic rings. The van der Waals surface area contributed by atoms with Crippen molar-refractivity contribution in [3.8, 4) is 29.4 Å². The van der Waals surface area contributed by atoms with E-state index in [0.29, 0.717) is 23.3 Å². The lowest BCUT2D eigenvalue weighted by Crippen LogP contribution is -2.13. The molecule has 8 aromatic carbocycles. The predicted molar refractivity (Wildman–Crippen MR) is 204 cm³/mol. The van der Waals surface area contributed by atoms with Crippen LogP contribution < -0.4 is 0 Å². The van der Waals surface area contributed by atoms with Crippen LogP contribution in [-0.4, -0.2) is 15.0 Å². The number of hydrogen-bond acceptors (Lipinski definition) is 2. The van der Waals surface area contributed by atoms with Gasteiger partial charge in [0.15, 0.2) is 0 Å². The van der Waals surface area contributed by atoms with E-state index >= 15 is 0 Å². The van der Waals surface area contributed by atoms with E-state index in [0.717, 1.165) is 59.0 Å². The van der Waals surface area contributed by atoms with Crippen molar-refractivity contribution in [3.63, 3.8) is 0 Å². The molecule has 9 heteroatoms. The van der Waals surface area contributed by atoms with Gasteiger partial charge in [-0.25, -0.2) is 0 Å². The van der Waals surface area contributed by atoms with Gasteiger partial charge in [-0.05, 0) is 85.6 Å². The first-order valence-electron chi connectivity index (χ1n) is 17.1. The predicted octanol–water partition coefficient (Wildman–Crippen LogP) is 11.9. The van der Waals surface area contributed by atoms with E-state index < -0.39 is 29.2 Å². The highest BCUT2D eigenvalue weighted by Crippen LogP contribution is 2.37. The van der Waals surface area contributed by atoms with E-state index in [1.807, 2.05) is 109 Å². The van der Waals surface area contributed by atoms with Gasteiger partial charge < -0.3 is 0 Å². The van der Waals surface area contributed by atoms with Crippen LogP contribution in [-0.2, 0) is 12.4 Å². The number of benzene rings is 8. The van der Waals surface area contributed by atoms with Crippen LogP contribution in [0.2, 0.25) is 0 Å². The van der Waals surface area contributed by atoms with Crippen molar-refractivity contribution in [1.82, 2.24) is 15.0 Å². The summed E-state index contributed by atoms with van der Waals surface area (Å²) in [6, 6.07) is 40.3. The molecular weight excluding hydrogens is 709 g/mol. The average molecular weight is 732 g/mol. The highest BCUT2D eigenvalue weighted by Gasteiger charge is 2.37. The Labute approximate surface area is 309 Å². The second-order valence-electron chi connectivity index (χ2n) is 13.0. The number of halogens is 6. The van der Waals surface area contributed by atoms with E-state index in [4.69, 9.17) is 0 Å². The molecule has 1 aromatic heterocycles. The standard InChI is InChI=1S/C46H23F6N3/c47-45(48,49)34-25-35(46(50,51)52)27-36(26-34)55-53-43-32(17-15-30-9-5-13-41-37-11-3-1-7-28(37)21-23-39(30)41)19-20-33(44(43)54-55)18-16-31-10-6-14-42-38-12-4-2-8-29(38)22-24-40(31)42/h1-14,19-27H. The number of nitrogens with zero attached hydrogens (tertiary/aromatic N) is 3. The van der Waals surface area contributed by atoms with Crippen LogP contribution in [0, 0.1) is 23.7 Å². The third kappa shape index (κ3) is 6.16. The van der Waals surface area contributed by atoms with Gasteiger partial charge in [-0.2, -0.15) is 31.1 Å². The van der Waals surface area contributed by atoms with E-state index in [1.54, 1.807) is 12.1 Å². The van der Waals surface area contributed by atoms with Gasteiger partial charge in [0.25, 0.3) is 0 Å². The summed E-state index contributed by atoms with van der Waals surface area (Å²) in [6.07, 6.45) is -10.1. The van der Waals surface area contributed by atoms with Crippen LogP contribution in [0.1, 0.15) is 33.4 Å². The molecule has 0 saturated carbocycles. The van der Waals surface area contributed by atoms with Gasteiger partial charge in [-0.3, -0.25) is 0 Å². The van der Waals surface area contributed by atoms with Gasteiger partial charge in [0, 0.05) is 11.1 Å². The first kappa shape index (κ1) is 33.7. The second-order valence-corrected chi connectivity index (χ2v) is 13.0. The third-order valence-corrected chi connectivity index (χ3v) is 9.58. The topological polar surface area (TPSA) is 30.7 Å². The van der Waals surface area contributed by atoms with Crippen LogP contribution in [0.3, 0.4) is 0 Å². The van der Waals surface area contributed by atoms with Crippen LogP contribution in [0.15, 0.2) is 140 Å². The van der Waals surface area contributed by atoms with Gasteiger partial charge in [0.1, 0.15) is 11.0 Å². The summed E-state index contributed by atoms with van der Waals surface area (Å²) in [7, 11) is 0. The molecule has 3 nitrogen and oxygen atoms in total. The zero-order valence-corrected chi connectivity index (χ0v) is 28.4. The molecule has 0 amide bonds. The monoisotopic (exact) mass is 731 g/mol. The highest BCUT2D eigenvalue weighted by molar-refractivity contribution is 6.10. The lowest BCUT2D eigenvalue weighted by atomic mass is 9.98. The molecule has 0 aliphatic rings. The van der Waals surface area contributed by atoms with Gasteiger partial charge in [-0.15, -0.1) is 10.2 Å². The third-order valence-electron chi connectivity index (χ3n) is 9.58. The quantitative estimate of drug-likeness (QED) is 0.0956. The summed E-state index contributed by atoms with van der Waals surface area (Å²) in [4.78, 5) is 0.777. The molecule has 1 heterocycles. The number of aromatic nitrogens is 3. The van der Waals surface area contributed by atoms with Gasteiger partial charge >= 0.3 is 12.4 Å². The van der Waals surface area contributed by atoms with Crippen molar-refractivity contribution in [2.75, 3.05) is 0 Å². The molecule has 0 spiro atoms. The summed E-state index contributed by atoms with van der Waals surface area (Å²) >= 11 is 0. The number of alkyl halides is 6. The molecule has 0 unspecified atom stereocenters. The zero-order valence-electron chi connectivity index (χ0n) is 28.4. The first-order valence-corrected chi connectivity index (χ1v) is 17.1. The van der Waals surface area contributed by atoms with Gasteiger partial charge in [0.2, 0.25) is 0 Å². The average Bonchev–Trinajstić information content (AvgIpc) is 3.65. The van der Waals surface area contributed by atoms with Gasteiger partial charge in [0.05, 0.1) is 27.9 Å². The minimum atomic E-state index is -5.05. The van der Waals surface area contributed by atoms with Crippen molar-refractivity contribution in [2.45, 2.75) is 12.4 Å². The summed E-state index contributed by atoms with van der Waals surface area (Å²) in [5.74, 6) is 12.7. The Hall–Kier alpha value is -7.10. The first-order chi connectivity index (χ1) is 26.5. The maximum absolute atomic E-state index is 13.8. The highest BCUT2D eigenvalue weighted by atomic mass is 19.4. The molecule has 0 atom stereocenters. The molecule has 0 aliphatic carbocycles. The van der Waals surface area contributed by atoms with E-state index in [1.165, 1.54) is 0 Å². The van der Waals surface area contributed by atoms with Crippen LogP contribution in [0.25, 0.3) is 59.8 Å². The van der Waals surface area contributed by atoms with Crippen LogP contribution in [0.5, 0.6) is 0 Å². The molecular formula is C46H23F6N3. The van der Waals surface area contributed by atoms with E-state index in [2.05, 4.69) is 33.9 Å². The van der Waals surface area contributed by atoms with Crippen LogP contribution >= 0.6 is 0 Å². The molecule has 55 heavy (non-hydrogen) atoms. The molecule has 0 fully saturated rings. The zero-order chi connectivity index (χ0) is 37.9. The van der Waals surface area contributed by atoms with E-state index in [9.17, 15) is 26.3 Å². The molecule has 0 radical (unpaired) electrons. The molecule has 0 aliphatic heterocycles. The fraction of sp³-hybridized carbons (Fsp3) is 0.0435. The molecule has 0 N–H and O–H groups in total. The fourth-order valence-corrected chi connectivity index (χ4v) is 6.93. The molecule has 0 bridgehead atoms. The SMILES string of the molecule is FC(F)(F)c1cc(-n2nc3c(C#Cc4cccc5c4ccc4ccccc45)ccc(C#Cc4cccc5c4ccc4ccccc45)c3n2)cc(C(F)(F)F)c1. The number of fused-ring (bicyclic) bond motifs is 7. The van der Waals surface area contributed by atoms with Crippen molar-refractivity contribution in [3.05, 3.63) is 173 Å². The summed E-state index contributed by atoms with van der Waals surface area (Å²) in [5, 5.41) is 17.0. The second kappa shape index (κ2) is 12.8. The maximum atomic E-state index is 13.8. The lowest BCUT2D eigenvalue weighted by molar-refractivity contribution is -0.143. The fourth-order valence-electron chi connectivity index (χ4n) is 6.93. The van der Waals surface area contributed by atoms with Crippen molar-refractivity contribution in [2.24, 2.45) is 0 Å². The minimum Gasteiger partial charge on any atom is -0.166 e. The van der Waals surface area contributed by atoms with Crippen molar-refractivity contribution >= 4 is 54.1 Å². The Morgan fingerprint density at radius 3 is 1.25 bits per heavy atom. The summed E-state index contributed by atoms with van der Waals surface area (Å²) < 4.78 is 83.1. The summed E-state index contributed by atoms with van der Waals surface area (Å²) in [5.41, 5.74) is -0.963. The lowest BCUT2D eigenvalue weighted by Gasteiger charge is -2.13. The maximum Gasteiger partial charge on any atom is 0.416 e. The Kier molecular flexibility index (Phi) is 7.84. The smallest absolute Gasteiger partial charge is 0.166 e. The molecule has 264 valence electrons. The van der Waals surface area contributed by atoms with E-state index in [-0.39, 0.29) is 17.1 Å². The Balaban J connectivity index is 1.23. The largest absolute Gasteiger partial charge is 0.416 e.